The van der Waals surface area contributed by atoms with Crippen LogP contribution in [0.1, 0.15) is 73.3 Å². The van der Waals surface area contributed by atoms with Gasteiger partial charge >= 0.3 is 0 Å². The molecule has 1 aliphatic rings. The summed E-state index contributed by atoms with van der Waals surface area (Å²) >= 11 is 1.18. The fourth-order valence-corrected chi connectivity index (χ4v) is 4.70. The molecule has 0 saturated carbocycles. The number of nitrogens with one attached hydrogen (secondary N) is 2. The molecule has 2 aromatic rings. The highest BCUT2D eigenvalue weighted by Crippen LogP contribution is 2.35. The number of aryl methyl sites for hydroxylation is 1. The molecule has 174 valence electrons. The van der Waals surface area contributed by atoms with E-state index in [9.17, 15) is 14.7 Å². The highest BCUT2D eigenvalue weighted by atomic mass is 32.1. The summed E-state index contributed by atoms with van der Waals surface area (Å²) in [7, 11) is 0. The molecule has 0 unspecified atom stereocenters. The average molecular weight is 460 g/mol. The van der Waals surface area contributed by atoms with Crippen LogP contribution in [0, 0.1) is 6.92 Å². The molecule has 3 heterocycles. The maximum atomic E-state index is 13.4. The van der Waals surface area contributed by atoms with Gasteiger partial charge in [0.15, 0.2) is 5.01 Å². The van der Waals surface area contributed by atoms with Crippen LogP contribution in [0.3, 0.4) is 0 Å². The van der Waals surface area contributed by atoms with Crippen LogP contribution in [0.5, 0.6) is 0 Å². The molecule has 0 bridgehead atoms. The number of carbonyl (C=O) groups excluding carboxylic acids is 2. The Kier molecular flexibility index (Phi) is 7.19. The molecule has 2 amide bonds. The number of amides is 2. The summed E-state index contributed by atoms with van der Waals surface area (Å²) in [5, 5.41) is 16.1. The largest absolute Gasteiger partial charge is 0.389 e. The number of likely N-dealkylation sites (tertiary alicyclic amines) is 1. The van der Waals surface area contributed by atoms with Crippen LogP contribution in [0.2, 0.25) is 0 Å². The molecule has 0 spiro atoms. The van der Waals surface area contributed by atoms with Crippen molar-refractivity contribution in [1.82, 2.24) is 20.2 Å². The van der Waals surface area contributed by atoms with E-state index < -0.39 is 11.5 Å². The SMILES string of the molecule is Cc1cc(NC(C)C)ncc1-c1sc(C(=O)NCC(C)(C)O)nc1C(=O)N1CCC[C@@H]1C. The number of aliphatic hydroxyl groups is 1. The van der Waals surface area contributed by atoms with E-state index in [1.807, 2.05) is 38.7 Å². The van der Waals surface area contributed by atoms with E-state index in [0.29, 0.717) is 11.4 Å². The maximum absolute atomic E-state index is 13.4. The molecule has 1 fully saturated rings. The van der Waals surface area contributed by atoms with Crippen LogP contribution in [-0.4, -0.2) is 62.6 Å². The number of hydrogen-bond acceptors (Lipinski definition) is 7. The number of rotatable bonds is 7. The lowest BCUT2D eigenvalue weighted by molar-refractivity contribution is 0.0692. The number of pyridine rings is 1. The van der Waals surface area contributed by atoms with Crippen molar-refractivity contribution in [3.8, 4) is 10.4 Å². The van der Waals surface area contributed by atoms with E-state index in [1.54, 1.807) is 20.0 Å². The van der Waals surface area contributed by atoms with E-state index in [1.165, 1.54) is 11.3 Å². The van der Waals surface area contributed by atoms with Crippen molar-refractivity contribution in [2.24, 2.45) is 0 Å². The number of aromatic nitrogens is 2. The molecule has 32 heavy (non-hydrogen) atoms. The Balaban J connectivity index is 2.00. The van der Waals surface area contributed by atoms with Gasteiger partial charge in [-0.25, -0.2) is 9.97 Å². The van der Waals surface area contributed by atoms with Crippen molar-refractivity contribution in [1.29, 1.82) is 0 Å². The predicted molar refractivity (Wildman–Crippen MR) is 127 cm³/mol. The van der Waals surface area contributed by atoms with E-state index in [4.69, 9.17) is 0 Å². The normalized spacial score (nSPS) is 16.5. The van der Waals surface area contributed by atoms with Gasteiger partial charge in [-0.2, -0.15) is 0 Å². The first-order valence-electron chi connectivity index (χ1n) is 11.0. The Morgan fingerprint density at radius 3 is 2.66 bits per heavy atom. The summed E-state index contributed by atoms with van der Waals surface area (Å²) < 4.78 is 0. The van der Waals surface area contributed by atoms with E-state index in [-0.39, 0.29) is 35.2 Å². The van der Waals surface area contributed by atoms with Gasteiger partial charge in [0.05, 0.1) is 10.5 Å². The quantitative estimate of drug-likeness (QED) is 0.585. The maximum Gasteiger partial charge on any atom is 0.280 e. The first-order chi connectivity index (χ1) is 15.0. The Hall–Kier alpha value is -2.52. The Labute approximate surface area is 193 Å². The molecular weight excluding hydrogens is 426 g/mol. The monoisotopic (exact) mass is 459 g/mol. The first-order valence-corrected chi connectivity index (χ1v) is 11.8. The number of hydrogen-bond donors (Lipinski definition) is 3. The average Bonchev–Trinajstić information content (AvgIpc) is 3.31. The molecule has 0 aromatic carbocycles. The van der Waals surface area contributed by atoms with Crippen molar-refractivity contribution < 1.29 is 14.7 Å². The lowest BCUT2D eigenvalue weighted by Crippen LogP contribution is -2.38. The van der Waals surface area contributed by atoms with Crippen molar-refractivity contribution >= 4 is 29.0 Å². The van der Waals surface area contributed by atoms with Gasteiger partial charge in [0, 0.05) is 36.9 Å². The fourth-order valence-electron chi connectivity index (χ4n) is 3.66. The van der Waals surface area contributed by atoms with Crippen molar-refractivity contribution in [3.05, 3.63) is 28.5 Å². The third-order valence-electron chi connectivity index (χ3n) is 5.31. The zero-order chi connectivity index (χ0) is 23.6. The molecule has 3 rings (SSSR count). The van der Waals surface area contributed by atoms with Gasteiger partial charge in [-0.05, 0) is 66.0 Å². The molecule has 0 aliphatic carbocycles. The Morgan fingerprint density at radius 2 is 2.09 bits per heavy atom. The van der Waals surface area contributed by atoms with E-state index in [0.717, 1.165) is 29.8 Å². The predicted octanol–water partition coefficient (Wildman–Crippen LogP) is 3.46. The zero-order valence-electron chi connectivity index (χ0n) is 19.7. The smallest absolute Gasteiger partial charge is 0.280 e. The van der Waals surface area contributed by atoms with Crippen molar-refractivity contribution in [2.75, 3.05) is 18.4 Å². The number of carbonyl (C=O) groups is 2. The Bertz CT molecular complexity index is 996. The van der Waals surface area contributed by atoms with Gasteiger partial charge in [0.2, 0.25) is 0 Å². The lowest BCUT2D eigenvalue weighted by Gasteiger charge is -2.21. The molecule has 8 nitrogen and oxygen atoms in total. The summed E-state index contributed by atoms with van der Waals surface area (Å²) in [5.41, 5.74) is 0.970. The third-order valence-corrected chi connectivity index (χ3v) is 6.40. The molecule has 0 radical (unpaired) electrons. The minimum absolute atomic E-state index is 0.0866. The standard InChI is InChI=1S/C23H33N5O3S/c1-13(2)26-17-10-14(3)16(11-24-17)19-18(22(30)28-9-7-8-15(28)4)27-21(32-19)20(29)25-12-23(5,6)31/h10-11,13,15,31H,7-9,12H2,1-6H3,(H,24,26)(H,25,29)/t15-/m0/s1. The minimum Gasteiger partial charge on any atom is -0.389 e. The van der Waals surface area contributed by atoms with Crippen LogP contribution in [-0.2, 0) is 0 Å². The minimum atomic E-state index is -1.04. The Morgan fingerprint density at radius 1 is 1.38 bits per heavy atom. The second kappa shape index (κ2) is 9.54. The summed E-state index contributed by atoms with van der Waals surface area (Å²) in [6, 6.07) is 2.33. The van der Waals surface area contributed by atoms with Crippen LogP contribution in [0.25, 0.3) is 10.4 Å². The van der Waals surface area contributed by atoms with Crippen LogP contribution < -0.4 is 10.6 Å². The fraction of sp³-hybridized carbons (Fsp3) is 0.565. The second-order valence-electron chi connectivity index (χ2n) is 9.37. The highest BCUT2D eigenvalue weighted by Gasteiger charge is 2.32. The first kappa shape index (κ1) is 24.1. The van der Waals surface area contributed by atoms with Crippen LogP contribution in [0.4, 0.5) is 5.82 Å². The number of thiazole rings is 1. The van der Waals surface area contributed by atoms with E-state index in [2.05, 4.69) is 20.6 Å². The van der Waals surface area contributed by atoms with Gasteiger partial charge in [0.25, 0.3) is 11.8 Å². The summed E-state index contributed by atoms with van der Waals surface area (Å²) in [5.74, 6) is 0.192. The van der Waals surface area contributed by atoms with Gasteiger partial charge < -0.3 is 20.6 Å². The van der Waals surface area contributed by atoms with Crippen LogP contribution in [0.15, 0.2) is 12.3 Å². The second-order valence-corrected chi connectivity index (χ2v) is 10.4. The van der Waals surface area contributed by atoms with Crippen molar-refractivity contribution in [2.45, 2.75) is 72.1 Å². The molecule has 9 heteroatoms. The number of nitrogens with zero attached hydrogens (tertiary/aromatic N) is 3. The van der Waals surface area contributed by atoms with Gasteiger partial charge in [-0.1, -0.05) is 0 Å². The topological polar surface area (TPSA) is 107 Å². The summed E-state index contributed by atoms with van der Waals surface area (Å²) in [4.78, 5) is 37.6. The molecule has 1 aliphatic heterocycles. The molecular formula is C23H33N5O3S. The highest BCUT2D eigenvalue weighted by molar-refractivity contribution is 7.17. The molecule has 1 saturated heterocycles. The molecule has 3 N–H and O–H groups in total. The lowest BCUT2D eigenvalue weighted by atomic mass is 10.1. The number of anilines is 1. The zero-order valence-corrected chi connectivity index (χ0v) is 20.5. The summed E-state index contributed by atoms with van der Waals surface area (Å²) in [6.07, 6.45) is 3.65. The molecule has 1 atom stereocenters. The van der Waals surface area contributed by atoms with Gasteiger partial charge in [-0.15, -0.1) is 11.3 Å². The van der Waals surface area contributed by atoms with E-state index >= 15 is 0 Å². The van der Waals surface area contributed by atoms with Crippen molar-refractivity contribution in [3.63, 3.8) is 0 Å². The molecule has 2 aromatic heterocycles. The van der Waals surface area contributed by atoms with Crippen LogP contribution >= 0.6 is 11.3 Å². The van der Waals surface area contributed by atoms with Gasteiger partial charge in [0.1, 0.15) is 11.5 Å². The third kappa shape index (κ3) is 5.63. The van der Waals surface area contributed by atoms with Gasteiger partial charge in [-0.3, -0.25) is 9.59 Å². The summed E-state index contributed by atoms with van der Waals surface area (Å²) in [6.45, 7) is 12.1.